The Balaban J connectivity index is 0.00000243. The standard InChI is InChI=1S/C19H24BrN5.HI/c1-14-6-5-7-15(23-14)12-22-19(21-2)24-16-10-11-25(13-16)18-9-4-3-8-17(18)20;/h3-9,16H,10-13H2,1-2H3,(H2,21,22,24);1H. The van der Waals surface area contributed by atoms with Gasteiger partial charge in [0, 0.05) is 36.3 Å². The van der Waals surface area contributed by atoms with Gasteiger partial charge in [0.2, 0.25) is 0 Å². The fourth-order valence-electron chi connectivity index (χ4n) is 3.07. The highest BCUT2D eigenvalue weighted by molar-refractivity contribution is 14.0. The first-order chi connectivity index (χ1) is 12.2. The Morgan fingerprint density at radius 2 is 2.08 bits per heavy atom. The van der Waals surface area contributed by atoms with E-state index in [1.807, 2.05) is 31.2 Å². The minimum Gasteiger partial charge on any atom is -0.368 e. The number of nitrogens with zero attached hydrogens (tertiary/aromatic N) is 3. The van der Waals surface area contributed by atoms with E-state index in [1.54, 1.807) is 7.05 Å². The highest BCUT2D eigenvalue weighted by Gasteiger charge is 2.24. The van der Waals surface area contributed by atoms with E-state index in [2.05, 4.69) is 59.6 Å². The highest BCUT2D eigenvalue weighted by atomic mass is 127. The van der Waals surface area contributed by atoms with Crippen LogP contribution in [0, 0.1) is 6.92 Å². The summed E-state index contributed by atoms with van der Waals surface area (Å²) in [5.41, 5.74) is 3.30. The Hall–Kier alpha value is -1.35. The summed E-state index contributed by atoms with van der Waals surface area (Å²) >= 11 is 3.64. The van der Waals surface area contributed by atoms with Gasteiger partial charge >= 0.3 is 0 Å². The molecule has 1 fully saturated rings. The lowest BCUT2D eigenvalue weighted by Gasteiger charge is -2.21. The molecule has 3 rings (SSSR count). The molecule has 0 radical (unpaired) electrons. The maximum atomic E-state index is 4.51. The van der Waals surface area contributed by atoms with Gasteiger partial charge in [0.15, 0.2) is 5.96 Å². The fourth-order valence-corrected chi connectivity index (χ4v) is 3.60. The van der Waals surface area contributed by atoms with Crippen molar-refractivity contribution < 1.29 is 0 Å². The number of hydrogen-bond acceptors (Lipinski definition) is 3. The molecule has 2 aromatic rings. The summed E-state index contributed by atoms with van der Waals surface area (Å²) in [5, 5.41) is 6.88. The van der Waals surface area contributed by atoms with Crippen LogP contribution in [-0.2, 0) is 6.54 Å². The van der Waals surface area contributed by atoms with Crippen molar-refractivity contribution in [3.63, 3.8) is 0 Å². The molecule has 140 valence electrons. The number of benzene rings is 1. The van der Waals surface area contributed by atoms with Gasteiger partial charge in [-0.15, -0.1) is 24.0 Å². The molecular formula is C19H25BrIN5. The first kappa shape index (κ1) is 21.0. The predicted octanol–water partition coefficient (Wildman–Crippen LogP) is 3.71. The van der Waals surface area contributed by atoms with Crippen LogP contribution in [0.4, 0.5) is 5.69 Å². The van der Waals surface area contributed by atoms with Crippen molar-refractivity contribution in [1.29, 1.82) is 0 Å². The Morgan fingerprint density at radius 1 is 1.27 bits per heavy atom. The molecule has 26 heavy (non-hydrogen) atoms. The third-order valence-electron chi connectivity index (χ3n) is 4.33. The Morgan fingerprint density at radius 3 is 2.81 bits per heavy atom. The number of nitrogens with one attached hydrogen (secondary N) is 2. The summed E-state index contributed by atoms with van der Waals surface area (Å²) in [6, 6.07) is 14.8. The van der Waals surface area contributed by atoms with Gasteiger partial charge < -0.3 is 15.5 Å². The topological polar surface area (TPSA) is 52.6 Å². The summed E-state index contributed by atoms with van der Waals surface area (Å²) < 4.78 is 1.14. The molecule has 0 amide bonds. The first-order valence-electron chi connectivity index (χ1n) is 8.55. The number of guanidine groups is 1. The van der Waals surface area contributed by atoms with Crippen LogP contribution < -0.4 is 15.5 Å². The van der Waals surface area contributed by atoms with Crippen molar-refractivity contribution in [2.45, 2.75) is 25.9 Å². The zero-order valence-electron chi connectivity index (χ0n) is 15.1. The second-order valence-electron chi connectivity index (χ2n) is 6.22. The Bertz CT molecular complexity index is 752. The molecule has 5 nitrogen and oxygen atoms in total. The third-order valence-corrected chi connectivity index (χ3v) is 5.00. The van der Waals surface area contributed by atoms with Crippen LogP contribution in [0.1, 0.15) is 17.8 Å². The van der Waals surface area contributed by atoms with E-state index in [0.717, 1.165) is 41.3 Å². The number of aromatic nitrogens is 1. The van der Waals surface area contributed by atoms with Crippen LogP contribution >= 0.6 is 39.9 Å². The van der Waals surface area contributed by atoms with E-state index in [-0.39, 0.29) is 24.0 Å². The first-order valence-corrected chi connectivity index (χ1v) is 9.34. The van der Waals surface area contributed by atoms with Crippen molar-refractivity contribution in [2.24, 2.45) is 4.99 Å². The molecule has 0 spiro atoms. The molecule has 0 bridgehead atoms. The summed E-state index contributed by atoms with van der Waals surface area (Å²) in [7, 11) is 1.81. The summed E-state index contributed by atoms with van der Waals surface area (Å²) in [6.07, 6.45) is 1.09. The molecule has 1 atom stereocenters. The van der Waals surface area contributed by atoms with Gasteiger partial charge in [-0.2, -0.15) is 0 Å². The van der Waals surface area contributed by atoms with Gasteiger partial charge in [-0.05, 0) is 53.5 Å². The minimum atomic E-state index is 0. The smallest absolute Gasteiger partial charge is 0.191 e. The zero-order chi connectivity index (χ0) is 17.6. The van der Waals surface area contributed by atoms with E-state index < -0.39 is 0 Å². The van der Waals surface area contributed by atoms with Gasteiger partial charge in [-0.1, -0.05) is 18.2 Å². The van der Waals surface area contributed by atoms with Crippen molar-refractivity contribution in [1.82, 2.24) is 15.6 Å². The molecular weight excluding hydrogens is 505 g/mol. The number of anilines is 1. The predicted molar refractivity (Wildman–Crippen MR) is 122 cm³/mol. The SMILES string of the molecule is CN=C(NCc1cccc(C)n1)NC1CCN(c2ccccc2Br)C1.I. The van der Waals surface area contributed by atoms with E-state index in [9.17, 15) is 0 Å². The second kappa shape index (κ2) is 10.1. The number of aryl methyl sites for hydroxylation is 1. The normalized spacial score (nSPS) is 17.0. The van der Waals surface area contributed by atoms with Crippen molar-refractivity contribution in [3.05, 3.63) is 58.3 Å². The van der Waals surface area contributed by atoms with Gasteiger partial charge in [0.05, 0.1) is 17.9 Å². The zero-order valence-corrected chi connectivity index (χ0v) is 19.0. The van der Waals surface area contributed by atoms with Crippen LogP contribution in [0.3, 0.4) is 0 Å². The average molecular weight is 530 g/mol. The van der Waals surface area contributed by atoms with Gasteiger partial charge in [-0.3, -0.25) is 9.98 Å². The number of para-hydroxylation sites is 1. The van der Waals surface area contributed by atoms with Crippen molar-refractivity contribution >= 4 is 51.6 Å². The Kier molecular flexibility index (Phi) is 8.15. The largest absolute Gasteiger partial charge is 0.368 e. The summed E-state index contributed by atoms with van der Waals surface area (Å²) in [6.45, 7) is 4.68. The fraction of sp³-hybridized carbons (Fsp3) is 0.368. The molecule has 1 aliphatic rings. The van der Waals surface area contributed by atoms with Gasteiger partial charge in [0.25, 0.3) is 0 Å². The molecule has 1 aromatic carbocycles. The molecule has 0 aliphatic carbocycles. The number of pyridine rings is 1. The number of halogens is 2. The van der Waals surface area contributed by atoms with E-state index in [0.29, 0.717) is 12.6 Å². The number of rotatable bonds is 4. The molecule has 1 saturated heterocycles. The minimum absolute atomic E-state index is 0. The average Bonchev–Trinajstić information content (AvgIpc) is 3.07. The van der Waals surface area contributed by atoms with E-state index >= 15 is 0 Å². The van der Waals surface area contributed by atoms with Crippen LogP contribution in [0.25, 0.3) is 0 Å². The highest BCUT2D eigenvalue weighted by Crippen LogP contribution is 2.28. The molecule has 1 unspecified atom stereocenters. The monoisotopic (exact) mass is 529 g/mol. The lowest BCUT2D eigenvalue weighted by atomic mass is 10.2. The van der Waals surface area contributed by atoms with E-state index in [4.69, 9.17) is 0 Å². The number of hydrogen-bond donors (Lipinski definition) is 2. The van der Waals surface area contributed by atoms with Crippen LogP contribution in [0.2, 0.25) is 0 Å². The van der Waals surface area contributed by atoms with E-state index in [1.165, 1.54) is 5.69 Å². The molecule has 1 aliphatic heterocycles. The second-order valence-corrected chi connectivity index (χ2v) is 7.08. The van der Waals surface area contributed by atoms with Crippen LogP contribution in [0.5, 0.6) is 0 Å². The molecule has 1 aromatic heterocycles. The molecule has 0 saturated carbocycles. The van der Waals surface area contributed by atoms with Gasteiger partial charge in [-0.25, -0.2) is 0 Å². The van der Waals surface area contributed by atoms with Gasteiger partial charge in [0.1, 0.15) is 0 Å². The molecule has 2 heterocycles. The quantitative estimate of drug-likeness (QED) is 0.360. The van der Waals surface area contributed by atoms with Crippen LogP contribution in [-0.4, -0.2) is 37.1 Å². The molecule has 2 N–H and O–H groups in total. The summed E-state index contributed by atoms with van der Waals surface area (Å²) in [5.74, 6) is 0.822. The van der Waals surface area contributed by atoms with Crippen molar-refractivity contribution in [2.75, 3.05) is 25.0 Å². The Labute approximate surface area is 180 Å². The lowest BCUT2D eigenvalue weighted by molar-refractivity contribution is 0.647. The van der Waals surface area contributed by atoms with Crippen LogP contribution in [0.15, 0.2) is 51.9 Å². The number of aliphatic imine (C=N–C) groups is 1. The maximum absolute atomic E-state index is 4.51. The van der Waals surface area contributed by atoms with Crippen molar-refractivity contribution in [3.8, 4) is 0 Å². The third kappa shape index (κ3) is 5.57. The maximum Gasteiger partial charge on any atom is 0.191 e. The molecule has 7 heteroatoms. The summed E-state index contributed by atoms with van der Waals surface area (Å²) in [4.78, 5) is 11.3. The lowest BCUT2D eigenvalue weighted by Crippen LogP contribution is -2.44.